The molecule has 1 N–H and O–H groups in total. The predicted octanol–water partition coefficient (Wildman–Crippen LogP) is 3.15. The number of nitrogens with one attached hydrogen (secondary N) is 1. The number of ether oxygens (including phenoxy) is 3. The summed E-state index contributed by atoms with van der Waals surface area (Å²) in [6, 6.07) is 7.85. The van der Waals surface area contributed by atoms with Gasteiger partial charge in [-0.1, -0.05) is 0 Å². The lowest BCUT2D eigenvalue weighted by Crippen LogP contribution is -2.37. The summed E-state index contributed by atoms with van der Waals surface area (Å²) in [6.45, 7) is 4.82. The fraction of sp³-hybridized carbons (Fsp3) is 0.375. The minimum atomic E-state index is -0.805. The van der Waals surface area contributed by atoms with Crippen LogP contribution in [0.5, 0.6) is 11.5 Å². The van der Waals surface area contributed by atoms with Crippen LogP contribution in [0.4, 0.5) is 11.4 Å². The number of amides is 1. The lowest BCUT2D eigenvalue weighted by atomic mass is 9.93. The van der Waals surface area contributed by atoms with E-state index in [9.17, 15) is 14.9 Å². The first-order valence-corrected chi connectivity index (χ1v) is 11.4. The summed E-state index contributed by atoms with van der Waals surface area (Å²) in [5, 5.41) is 14.7. The van der Waals surface area contributed by atoms with Crippen molar-refractivity contribution in [1.29, 1.82) is 0 Å². The third-order valence-electron chi connectivity index (χ3n) is 6.28. The standard InChI is InChI=1S/C24H25N5O6.ClH/c1-33-20-12-17-19(13-21(20)35-8-2-5-28-6-9-34-10-7-28)25-14-26-23(17)22-16-11-15(29(31)32)3-4-18(16)27-24(22)30;/h3-4,11-14,22H,2,5-10H2,1H3,(H,27,30);1H. The lowest BCUT2D eigenvalue weighted by Gasteiger charge is -2.26. The highest BCUT2D eigenvalue weighted by molar-refractivity contribution is 6.07. The van der Waals surface area contributed by atoms with Gasteiger partial charge in [0.05, 0.1) is 43.1 Å². The third-order valence-corrected chi connectivity index (χ3v) is 6.28. The molecule has 2 aliphatic heterocycles. The van der Waals surface area contributed by atoms with Crippen LogP contribution in [0.1, 0.15) is 23.6 Å². The number of hydrogen-bond donors (Lipinski definition) is 1. The van der Waals surface area contributed by atoms with Crippen LogP contribution in [0.15, 0.2) is 36.7 Å². The van der Waals surface area contributed by atoms with Crippen molar-refractivity contribution in [3.8, 4) is 11.5 Å². The third kappa shape index (κ3) is 5.03. The van der Waals surface area contributed by atoms with Crippen LogP contribution in [-0.4, -0.2) is 72.3 Å². The minimum Gasteiger partial charge on any atom is -0.493 e. The van der Waals surface area contributed by atoms with Gasteiger partial charge in [-0.2, -0.15) is 0 Å². The normalized spacial score (nSPS) is 17.2. The van der Waals surface area contributed by atoms with Crippen molar-refractivity contribution in [2.45, 2.75) is 12.3 Å². The van der Waals surface area contributed by atoms with Gasteiger partial charge in [-0.3, -0.25) is 19.8 Å². The average Bonchev–Trinajstić information content (AvgIpc) is 3.21. The van der Waals surface area contributed by atoms with Crippen LogP contribution in [0, 0.1) is 10.1 Å². The molecule has 1 atom stereocenters. The zero-order valence-electron chi connectivity index (χ0n) is 19.6. The smallest absolute Gasteiger partial charge is 0.269 e. The quantitative estimate of drug-likeness (QED) is 0.273. The molecule has 1 fully saturated rings. The highest BCUT2D eigenvalue weighted by Crippen LogP contribution is 2.42. The molecule has 11 nitrogen and oxygen atoms in total. The van der Waals surface area contributed by atoms with Gasteiger partial charge >= 0.3 is 0 Å². The van der Waals surface area contributed by atoms with Gasteiger partial charge < -0.3 is 19.5 Å². The van der Waals surface area contributed by atoms with Crippen molar-refractivity contribution in [1.82, 2.24) is 14.9 Å². The van der Waals surface area contributed by atoms with E-state index >= 15 is 0 Å². The van der Waals surface area contributed by atoms with Crippen LogP contribution in [0.3, 0.4) is 0 Å². The van der Waals surface area contributed by atoms with Crippen molar-refractivity contribution >= 4 is 40.6 Å². The maximum atomic E-state index is 12.9. The number of nitrogens with zero attached hydrogens (tertiary/aromatic N) is 4. The van der Waals surface area contributed by atoms with E-state index in [2.05, 4.69) is 20.2 Å². The zero-order valence-corrected chi connectivity index (χ0v) is 20.5. The van der Waals surface area contributed by atoms with Crippen LogP contribution in [0.2, 0.25) is 0 Å². The Morgan fingerprint density at radius 3 is 2.75 bits per heavy atom. The van der Waals surface area contributed by atoms with Crippen molar-refractivity contribution in [2.75, 3.05) is 51.9 Å². The van der Waals surface area contributed by atoms with Crippen LogP contribution < -0.4 is 14.8 Å². The summed E-state index contributed by atoms with van der Waals surface area (Å²) in [5.74, 6) is -0.0561. The zero-order chi connectivity index (χ0) is 24.4. The van der Waals surface area contributed by atoms with E-state index in [0.717, 1.165) is 39.3 Å². The Bertz CT molecular complexity index is 1280. The first-order valence-electron chi connectivity index (χ1n) is 11.4. The number of rotatable bonds is 8. The van der Waals surface area contributed by atoms with Crippen LogP contribution in [-0.2, 0) is 9.53 Å². The van der Waals surface area contributed by atoms with Crippen molar-refractivity contribution in [3.63, 3.8) is 0 Å². The fourth-order valence-electron chi connectivity index (χ4n) is 4.52. The van der Waals surface area contributed by atoms with E-state index in [4.69, 9.17) is 14.2 Å². The number of morpholine rings is 1. The topological polar surface area (TPSA) is 129 Å². The molecule has 2 aromatic carbocycles. The summed E-state index contributed by atoms with van der Waals surface area (Å²) < 4.78 is 17.0. The van der Waals surface area contributed by atoms with Gasteiger partial charge in [0.2, 0.25) is 5.91 Å². The fourth-order valence-corrected chi connectivity index (χ4v) is 4.52. The molecule has 0 bridgehead atoms. The number of anilines is 1. The second-order valence-corrected chi connectivity index (χ2v) is 8.39. The molecule has 0 saturated carbocycles. The monoisotopic (exact) mass is 515 g/mol. The number of hydrogen-bond acceptors (Lipinski definition) is 9. The number of aromatic nitrogens is 2. The van der Waals surface area contributed by atoms with E-state index in [0.29, 0.717) is 46.0 Å². The summed E-state index contributed by atoms with van der Waals surface area (Å²) in [5.41, 5.74) is 1.99. The van der Waals surface area contributed by atoms with Gasteiger partial charge in [-0.25, -0.2) is 9.97 Å². The second kappa shape index (κ2) is 11.0. The molecule has 3 aromatic rings. The number of carbonyl (C=O) groups is 1. The van der Waals surface area contributed by atoms with Gasteiger partial charge in [-0.05, 0) is 18.6 Å². The SMILES string of the molecule is COc1cc2c(C3C(=O)Nc4ccc([N+](=O)[O-])cc43)ncnc2cc1OCCCN1CCOCC1.Cl. The number of methoxy groups -OCH3 is 1. The lowest BCUT2D eigenvalue weighted by molar-refractivity contribution is -0.384. The Morgan fingerprint density at radius 2 is 2.00 bits per heavy atom. The van der Waals surface area contributed by atoms with Gasteiger partial charge in [-0.15, -0.1) is 12.4 Å². The highest BCUT2D eigenvalue weighted by Gasteiger charge is 2.36. The molecule has 190 valence electrons. The first-order chi connectivity index (χ1) is 17.0. The number of fused-ring (bicyclic) bond motifs is 2. The molecule has 5 rings (SSSR count). The molecule has 12 heteroatoms. The van der Waals surface area contributed by atoms with Gasteiger partial charge in [0.15, 0.2) is 11.5 Å². The Kier molecular flexibility index (Phi) is 7.82. The van der Waals surface area contributed by atoms with Crippen molar-refractivity contribution in [2.24, 2.45) is 0 Å². The van der Waals surface area contributed by atoms with E-state index in [1.54, 1.807) is 19.2 Å². The molecule has 0 radical (unpaired) electrons. The first kappa shape index (κ1) is 25.5. The summed E-state index contributed by atoms with van der Waals surface area (Å²) in [4.78, 5) is 34.8. The Labute approximate surface area is 213 Å². The van der Waals surface area contributed by atoms with E-state index in [1.165, 1.54) is 24.5 Å². The number of nitro groups is 1. The van der Waals surface area contributed by atoms with Gasteiger partial charge in [0.25, 0.3) is 5.69 Å². The molecular formula is C24H26ClN5O6. The second-order valence-electron chi connectivity index (χ2n) is 8.39. The largest absolute Gasteiger partial charge is 0.493 e. The van der Waals surface area contributed by atoms with Crippen LogP contribution >= 0.6 is 12.4 Å². The molecule has 1 amide bonds. The molecule has 1 unspecified atom stereocenters. The Balaban J connectivity index is 0.00000304. The molecule has 36 heavy (non-hydrogen) atoms. The number of carbonyl (C=O) groups excluding carboxylic acids is 1. The number of nitro benzene ring substituents is 1. The number of halogens is 1. The number of benzene rings is 2. The van der Waals surface area contributed by atoms with Crippen molar-refractivity contribution in [3.05, 3.63) is 58.0 Å². The summed E-state index contributed by atoms with van der Waals surface area (Å²) >= 11 is 0. The summed E-state index contributed by atoms with van der Waals surface area (Å²) in [7, 11) is 1.55. The molecule has 1 aromatic heterocycles. The summed E-state index contributed by atoms with van der Waals surface area (Å²) in [6.07, 6.45) is 2.24. The molecule has 1 saturated heterocycles. The molecule has 2 aliphatic rings. The maximum Gasteiger partial charge on any atom is 0.269 e. The predicted molar refractivity (Wildman–Crippen MR) is 134 cm³/mol. The van der Waals surface area contributed by atoms with Gasteiger partial charge in [0.1, 0.15) is 12.2 Å². The van der Waals surface area contributed by atoms with E-state index < -0.39 is 10.8 Å². The van der Waals surface area contributed by atoms with Gasteiger partial charge in [0, 0.05) is 54.5 Å². The van der Waals surface area contributed by atoms with E-state index in [1.807, 2.05) is 0 Å². The minimum absolute atomic E-state index is 0. The molecule has 3 heterocycles. The average molecular weight is 516 g/mol. The molecular weight excluding hydrogens is 490 g/mol. The Hall–Kier alpha value is -3.54. The Morgan fingerprint density at radius 1 is 1.19 bits per heavy atom. The molecule has 0 spiro atoms. The number of non-ortho nitro benzene ring substituents is 1. The highest BCUT2D eigenvalue weighted by atomic mass is 35.5. The van der Waals surface area contributed by atoms with Crippen molar-refractivity contribution < 1.29 is 23.9 Å². The molecule has 0 aliphatic carbocycles. The van der Waals surface area contributed by atoms with Crippen LogP contribution in [0.25, 0.3) is 10.9 Å². The maximum absolute atomic E-state index is 12.9. The van der Waals surface area contributed by atoms with E-state index in [-0.39, 0.29) is 24.0 Å².